The SMILES string of the molecule is CCOC(=O)C1([C@H](CC(C)C)NS(=O)C(C)(C)C)SCCS1. The van der Waals surface area contributed by atoms with Crippen LogP contribution in [-0.2, 0) is 20.5 Å². The minimum absolute atomic E-state index is 0.163. The van der Waals surface area contributed by atoms with E-state index in [4.69, 9.17) is 4.74 Å². The molecule has 1 unspecified atom stereocenters. The summed E-state index contributed by atoms with van der Waals surface area (Å²) >= 11 is 3.26. The summed E-state index contributed by atoms with van der Waals surface area (Å²) in [5.74, 6) is 2.05. The third kappa shape index (κ3) is 5.14. The lowest BCUT2D eigenvalue weighted by molar-refractivity contribution is -0.144. The van der Waals surface area contributed by atoms with Gasteiger partial charge in [-0.25, -0.2) is 13.7 Å². The number of ether oxygens (including phenoxy) is 1. The van der Waals surface area contributed by atoms with Gasteiger partial charge in [-0.15, -0.1) is 23.5 Å². The van der Waals surface area contributed by atoms with Crippen LogP contribution in [0.25, 0.3) is 0 Å². The predicted molar refractivity (Wildman–Crippen MR) is 98.6 cm³/mol. The van der Waals surface area contributed by atoms with E-state index < -0.39 is 15.1 Å². The average Bonchev–Trinajstić information content (AvgIpc) is 2.87. The maximum atomic E-state index is 12.6. The standard InChI is InChI=1S/C15H29NO3S3/c1-7-19-13(17)15(20-8-9-21-15)12(10-11(2)3)16-22(18)14(4,5)6/h11-12,16H,7-10H2,1-6H3/t12-,22?/m0/s1. The molecule has 130 valence electrons. The van der Waals surface area contributed by atoms with Crippen molar-refractivity contribution in [3.8, 4) is 0 Å². The zero-order valence-corrected chi connectivity index (χ0v) is 16.9. The Balaban J connectivity index is 3.05. The average molecular weight is 368 g/mol. The molecule has 1 aliphatic heterocycles. The second-order valence-electron chi connectivity index (χ2n) is 6.77. The normalized spacial score (nSPS) is 20.9. The van der Waals surface area contributed by atoms with Crippen LogP contribution in [0.1, 0.15) is 48.0 Å². The van der Waals surface area contributed by atoms with E-state index in [1.165, 1.54) is 0 Å². The third-order valence-corrected chi connectivity index (χ3v) is 8.40. The van der Waals surface area contributed by atoms with Crippen molar-refractivity contribution in [2.45, 2.75) is 62.8 Å². The van der Waals surface area contributed by atoms with E-state index in [1.807, 2.05) is 27.7 Å². The van der Waals surface area contributed by atoms with Crippen LogP contribution in [0, 0.1) is 5.92 Å². The molecule has 0 spiro atoms. The maximum absolute atomic E-state index is 12.6. The summed E-state index contributed by atoms with van der Waals surface area (Å²) in [5, 5.41) is 0. The summed E-state index contributed by atoms with van der Waals surface area (Å²) in [6.07, 6.45) is 0.792. The quantitative estimate of drug-likeness (QED) is 0.700. The summed E-state index contributed by atoms with van der Waals surface area (Å²) in [7, 11) is -1.21. The zero-order chi connectivity index (χ0) is 17.0. The maximum Gasteiger partial charge on any atom is 0.334 e. The number of carbonyl (C=O) groups is 1. The minimum Gasteiger partial charge on any atom is -0.464 e. The Morgan fingerprint density at radius 3 is 2.27 bits per heavy atom. The first-order chi connectivity index (χ1) is 10.1. The molecule has 1 aliphatic rings. The molecule has 0 aromatic heterocycles. The van der Waals surface area contributed by atoms with Gasteiger partial charge in [0.25, 0.3) is 0 Å². The van der Waals surface area contributed by atoms with Crippen molar-refractivity contribution >= 4 is 40.5 Å². The van der Waals surface area contributed by atoms with Crippen molar-refractivity contribution in [3.63, 3.8) is 0 Å². The summed E-state index contributed by atoms with van der Waals surface area (Å²) in [6.45, 7) is 12.3. The fourth-order valence-corrected chi connectivity index (χ4v) is 6.39. The van der Waals surface area contributed by atoms with Gasteiger partial charge < -0.3 is 4.74 Å². The van der Waals surface area contributed by atoms with Crippen LogP contribution >= 0.6 is 23.5 Å². The van der Waals surface area contributed by atoms with Crippen molar-refractivity contribution in [1.29, 1.82) is 0 Å². The highest BCUT2D eigenvalue weighted by molar-refractivity contribution is 8.22. The third-order valence-electron chi connectivity index (χ3n) is 3.25. The first-order valence-electron chi connectivity index (χ1n) is 7.76. The van der Waals surface area contributed by atoms with Crippen molar-refractivity contribution in [1.82, 2.24) is 4.72 Å². The summed E-state index contributed by atoms with van der Waals surface area (Å²) in [4.78, 5) is 12.6. The van der Waals surface area contributed by atoms with Crippen molar-refractivity contribution in [2.75, 3.05) is 18.1 Å². The van der Waals surface area contributed by atoms with Crippen molar-refractivity contribution in [2.24, 2.45) is 5.92 Å². The summed E-state index contributed by atoms with van der Waals surface area (Å²) < 4.78 is 20.1. The van der Waals surface area contributed by atoms with E-state index in [-0.39, 0.29) is 16.8 Å². The second-order valence-corrected chi connectivity index (χ2v) is 11.7. The van der Waals surface area contributed by atoms with Crippen LogP contribution < -0.4 is 4.72 Å². The van der Waals surface area contributed by atoms with Crippen LogP contribution in [0.5, 0.6) is 0 Å². The van der Waals surface area contributed by atoms with E-state index in [1.54, 1.807) is 23.5 Å². The van der Waals surface area contributed by atoms with Gasteiger partial charge in [0.1, 0.15) is 0 Å². The molecule has 4 nitrogen and oxygen atoms in total. The van der Waals surface area contributed by atoms with Gasteiger partial charge in [-0.3, -0.25) is 0 Å². The van der Waals surface area contributed by atoms with Crippen LogP contribution in [-0.4, -0.2) is 43.2 Å². The summed E-state index contributed by atoms with van der Waals surface area (Å²) in [5.41, 5.74) is 0. The molecule has 0 bridgehead atoms. The van der Waals surface area contributed by atoms with E-state index >= 15 is 0 Å². The van der Waals surface area contributed by atoms with Gasteiger partial charge in [-0.1, -0.05) is 13.8 Å². The smallest absolute Gasteiger partial charge is 0.334 e. The zero-order valence-electron chi connectivity index (χ0n) is 14.4. The molecule has 2 atom stereocenters. The first kappa shape index (κ1) is 20.3. The highest BCUT2D eigenvalue weighted by atomic mass is 32.2. The van der Waals surface area contributed by atoms with E-state index in [0.29, 0.717) is 12.5 Å². The molecule has 0 aliphatic carbocycles. The molecule has 1 fully saturated rings. The molecular formula is C15H29NO3S3. The number of nitrogens with one attached hydrogen (secondary N) is 1. The highest BCUT2D eigenvalue weighted by Gasteiger charge is 2.52. The number of thioether (sulfide) groups is 2. The molecule has 1 heterocycles. The Morgan fingerprint density at radius 1 is 1.32 bits per heavy atom. The van der Waals surface area contributed by atoms with Crippen molar-refractivity contribution in [3.05, 3.63) is 0 Å². The number of esters is 1. The minimum atomic E-state index is -1.21. The molecule has 0 saturated carbocycles. The monoisotopic (exact) mass is 367 g/mol. The Bertz CT molecular complexity index is 401. The molecule has 1 rings (SSSR count). The van der Waals surface area contributed by atoms with Gasteiger partial charge >= 0.3 is 5.97 Å². The fourth-order valence-electron chi connectivity index (χ4n) is 2.18. The highest BCUT2D eigenvalue weighted by Crippen LogP contribution is 2.49. The molecule has 0 radical (unpaired) electrons. The molecule has 22 heavy (non-hydrogen) atoms. The molecule has 1 saturated heterocycles. The number of hydrogen-bond acceptors (Lipinski definition) is 5. The van der Waals surface area contributed by atoms with E-state index in [0.717, 1.165) is 17.9 Å². The van der Waals surface area contributed by atoms with Gasteiger partial charge in [0.2, 0.25) is 0 Å². The lowest BCUT2D eigenvalue weighted by Gasteiger charge is -2.36. The second kappa shape index (κ2) is 8.40. The Hall–Kier alpha value is 0.280. The number of hydrogen-bond donors (Lipinski definition) is 1. The van der Waals surface area contributed by atoms with Crippen LogP contribution in [0.2, 0.25) is 0 Å². The fraction of sp³-hybridized carbons (Fsp3) is 0.933. The first-order valence-corrected chi connectivity index (χ1v) is 10.9. The Morgan fingerprint density at radius 2 is 1.86 bits per heavy atom. The van der Waals surface area contributed by atoms with Gasteiger partial charge in [0.05, 0.1) is 28.4 Å². The van der Waals surface area contributed by atoms with E-state index in [2.05, 4.69) is 18.6 Å². The Labute approximate surface area is 145 Å². The van der Waals surface area contributed by atoms with Gasteiger partial charge in [-0.2, -0.15) is 0 Å². The largest absolute Gasteiger partial charge is 0.464 e. The molecule has 7 heteroatoms. The van der Waals surface area contributed by atoms with Gasteiger partial charge in [0.15, 0.2) is 4.08 Å². The summed E-state index contributed by atoms with van der Waals surface area (Å²) in [6, 6.07) is -0.163. The van der Waals surface area contributed by atoms with Crippen molar-refractivity contribution < 1.29 is 13.7 Å². The van der Waals surface area contributed by atoms with Crippen LogP contribution in [0.15, 0.2) is 0 Å². The molecule has 0 amide bonds. The Kier molecular flexibility index (Phi) is 7.76. The molecule has 0 aromatic carbocycles. The van der Waals surface area contributed by atoms with Gasteiger partial charge in [0, 0.05) is 11.5 Å². The number of carbonyl (C=O) groups excluding carboxylic acids is 1. The molecule has 0 aromatic rings. The van der Waals surface area contributed by atoms with Gasteiger partial charge in [-0.05, 0) is 40.0 Å². The van der Waals surface area contributed by atoms with Crippen LogP contribution in [0.3, 0.4) is 0 Å². The number of rotatable bonds is 7. The molecular weight excluding hydrogens is 338 g/mol. The molecule has 1 N–H and O–H groups in total. The lowest BCUT2D eigenvalue weighted by atomic mass is 10.0. The van der Waals surface area contributed by atoms with E-state index in [9.17, 15) is 9.00 Å². The topological polar surface area (TPSA) is 55.4 Å². The predicted octanol–water partition coefficient (Wildman–Crippen LogP) is 3.19. The lowest BCUT2D eigenvalue weighted by Crippen LogP contribution is -2.54. The van der Waals surface area contributed by atoms with Crippen LogP contribution in [0.4, 0.5) is 0 Å².